The van der Waals surface area contributed by atoms with Crippen molar-refractivity contribution in [2.45, 2.75) is 59.3 Å². The fourth-order valence-electron chi connectivity index (χ4n) is 4.56. The van der Waals surface area contributed by atoms with Crippen LogP contribution in [0.1, 0.15) is 58.2 Å². The van der Waals surface area contributed by atoms with Crippen molar-refractivity contribution in [3.8, 4) is 0 Å². The van der Waals surface area contributed by atoms with Gasteiger partial charge in [-0.15, -0.1) is 0 Å². The highest BCUT2D eigenvalue weighted by Crippen LogP contribution is 2.54. The van der Waals surface area contributed by atoms with E-state index in [0.717, 1.165) is 46.8 Å². The molecule has 26 heavy (non-hydrogen) atoms. The topological polar surface area (TPSA) is 57.8 Å². The second kappa shape index (κ2) is 6.42. The lowest BCUT2D eigenvalue weighted by molar-refractivity contribution is -0.118. The molecule has 2 N–H and O–H groups in total. The van der Waals surface area contributed by atoms with Gasteiger partial charge in [-0.25, -0.2) is 0 Å². The van der Waals surface area contributed by atoms with E-state index >= 15 is 0 Å². The second-order valence-corrected chi connectivity index (χ2v) is 8.16. The molecule has 138 valence electrons. The number of aromatic nitrogens is 2. The lowest BCUT2D eigenvalue weighted by atomic mass is 9.59. The molecule has 0 saturated heterocycles. The van der Waals surface area contributed by atoms with Gasteiger partial charge >= 0.3 is 0 Å². The van der Waals surface area contributed by atoms with Gasteiger partial charge in [-0.3, -0.25) is 9.89 Å². The number of allylic oxidation sites excluding steroid dienone is 7. The summed E-state index contributed by atoms with van der Waals surface area (Å²) in [6, 6.07) is 0. The number of ketones is 1. The smallest absolute Gasteiger partial charge is 0.162 e. The minimum absolute atomic E-state index is 0.0482. The van der Waals surface area contributed by atoms with Gasteiger partial charge in [0.05, 0.1) is 5.41 Å². The Bertz CT molecular complexity index is 851. The van der Waals surface area contributed by atoms with E-state index < -0.39 is 5.41 Å². The van der Waals surface area contributed by atoms with E-state index in [1.165, 1.54) is 0 Å². The molecule has 0 amide bonds. The highest BCUT2D eigenvalue weighted by Gasteiger charge is 2.50. The Morgan fingerprint density at radius 1 is 1.31 bits per heavy atom. The number of H-pyrrole nitrogens is 1. The molecule has 1 aliphatic heterocycles. The average molecular weight is 351 g/mol. The third kappa shape index (κ3) is 2.68. The van der Waals surface area contributed by atoms with Crippen LogP contribution in [0.5, 0.6) is 0 Å². The molecular weight excluding hydrogens is 322 g/mol. The van der Waals surface area contributed by atoms with E-state index in [-0.39, 0.29) is 11.2 Å². The lowest BCUT2D eigenvalue weighted by Gasteiger charge is -2.45. The van der Waals surface area contributed by atoms with Crippen LogP contribution in [-0.2, 0) is 10.2 Å². The molecule has 4 heteroatoms. The molecule has 3 rings (SSSR count). The zero-order valence-electron chi connectivity index (χ0n) is 16.5. The van der Waals surface area contributed by atoms with Crippen molar-refractivity contribution >= 4 is 11.6 Å². The molecular formula is C22H29N3O. The first-order chi connectivity index (χ1) is 12.3. The summed E-state index contributed by atoms with van der Waals surface area (Å²) in [5.74, 6) is 1.05. The summed E-state index contributed by atoms with van der Waals surface area (Å²) < 4.78 is 0. The van der Waals surface area contributed by atoms with Crippen LogP contribution in [0, 0.1) is 12.3 Å². The summed E-state index contributed by atoms with van der Waals surface area (Å²) in [6.45, 7) is 14.8. The molecule has 0 saturated carbocycles. The highest BCUT2D eigenvalue weighted by molar-refractivity contribution is 6.03. The van der Waals surface area contributed by atoms with Crippen LogP contribution in [0.2, 0.25) is 0 Å². The van der Waals surface area contributed by atoms with Crippen molar-refractivity contribution in [3.63, 3.8) is 0 Å². The molecule has 0 aromatic carbocycles. The Kier molecular flexibility index (Phi) is 4.55. The monoisotopic (exact) mass is 351 g/mol. The summed E-state index contributed by atoms with van der Waals surface area (Å²) in [5, 5.41) is 11.0. The molecule has 0 bridgehead atoms. The normalized spacial score (nSPS) is 24.7. The SMILES string of the molecule is C=C(/C=C\C=C/C)[C@]1(CC)C2=C(CC(C)(C)CC2=O)Nc2n[nH]c(C)c21. The van der Waals surface area contributed by atoms with E-state index in [2.05, 4.69) is 42.9 Å². The number of hydrogen-bond acceptors (Lipinski definition) is 3. The Morgan fingerprint density at radius 3 is 2.69 bits per heavy atom. The molecule has 1 aromatic heterocycles. The minimum atomic E-state index is -0.529. The predicted octanol–water partition coefficient (Wildman–Crippen LogP) is 5.12. The maximum atomic E-state index is 13.3. The number of fused-ring (bicyclic) bond motifs is 1. The zero-order valence-corrected chi connectivity index (χ0v) is 16.5. The van der Waals surface area contributed by atoms with Crippen LogP contribution in [0.25, 0.3) is 0 Å². The number of hydrogen-bond donors (Lipinski definition) is 2. The minimum Gasteiger partial charge on any atom is -0.342 e. The number of nitrogens with one attached hydrogen (secondary N) is 2. The number of aromatic amines is 1. The fourth-order valence-corrected chi connectivity index (χ4v) is 4.56. The van der Waals surface area contributed by atoms with Crippen molar-refractivity contribution in [3.05, 3.63) is 59.0 Å². The number of anilines is 1. The van der Waals surface area contributed by atoms with Crippen molar-refractivity contribution in [1.29, 1.82) is 0 Å². The zero-order chi connectivity index (χ0) is 19.1. The van der Waals surface area contributed by atoms with Crippen molar-refractivity contribution in [2.24, 2.45) is 5.41 Å². The van der Waals surface area contributed by atoms with Crippen molar-refractivity contribution in [2.75, 3.05) is 5.32 Å². The third-order valence-electron chi connectivity index (χ3n) is 5.62. The van der Waals surface area contributed by atoms with Gasteiger partial charge in [0.25, 0.3) is 0 Å². The summed E-state index contributed by atoms with van der Waals surface area (Å²) in [5.41, 5.74) is 4.29. The van der Waals surface area contributed by atoms with Gasteiger partial charge in [-0.2, -0.15) is 5.10 Å². The first kappa shape index (κ1) is 18.4. The molecule has 0 radical (unpaired) electrons. The average Bonchev–Trinajstić information content (AvgIpc) is 2.93. The fraction of sp³-hybridized carbons (Fsp3) is 0.455. The van der Waals surface area contributed by atoms with Crippen molar-refractivity contribution in [1.82, 2.24) is 10.2 Å². The third-order valence-corrected chi connectivity index (χ3v) is 5.62. The molecule has 2 aliphatic rings. The molecule has 1 aromatic rings. The Hall–Kier alpha value is -2.36. The molecule has 0 fully saturated rings. The lowest BCUT2D eigenvalue weighted by Crippen LogP contribution is -2.43. The largest absolute Gasteiger partial charge is 0.342 e. The van der Waals surface area contributed by atoms with Crippen LogP contribution in [0.3, 0.4) is 0 Å². The van der Waals surface area contributed by atoms with Crippen LogP contribution in [0.4, 0.5) is 5.82 Å². The Balaban J connectivity index is 2.27. The van der Waals surface area contributed by atoms with Crippen LogP contribution in [-0.4, -0.2) is 16.0 Å². The van der Waals surface area contributed by atoms with E-state index in [1.807, 2.05) is 38.2 Å². The molecule has 1 atom stereocenters. The summed E-state index contributed by atoms with van der Waals surface area (Å²) in [4.78, 5) is 13.3. The molecule has 0 spiro atoms. The van der Waals surface area contributed by atoms with E-state index in [9.17, 15) is 4.79 Å². The molecule has 2 heterocycles. The van der Waals surface area contributed by atoms with Gasteiger partial charge < -0.3 is 5.32 Å². The number of carbonyl (C=O) groups is 1. The standard InChI is InChI=1S/C22H29N3O/c1-7-9-10-11-14(3)22(8-2)18-15(4)24-25-20(18)23-16-12-21(5,6)13-17(26)19(16)22/h7,9-11H,3,8,12-13H2,1-2,4-6H3,(H2,23,24,25)/b9-7-,11-10-/t22-/m0/s1. The number of nitrogens with zero attached hydrogens (tertiary/aromatic N) is 1. The van der Waals surface area contributed by atoms with Gasteiger partial charge in [0.2, 0.25) is 0 Å². The summed E-state index contributed by atoms with van der Waals surface area (Å²) in [7, 11) is 0. The summed E-state index contributed by atoms with van der Waals surface area (Å²) >= 11 is 0. The maximum absolute atomic E-state index is 13.3. The van der Waals surface area contributed by atoms with Crippen LogP contribution < -0.4 is 5.32 Å². The second-order valence-electron chi connectivity index (χ2n) is 8.16. The Labute approximate surface area is 156 Å². The van der Waals surface area contributed by atoms with Crippen LogP contribution in [0.15, 0.2) is 47.7 Å². The van der Waals surface area contributed by atoms with Gasteiger partial charge in [0.1, 0.15) is 0 Å². The molecule has 0 unspecified atom stereocenters. The van der Waals surface area contributed by atoms with E-state index in [1.54, 1.807) is 0 Å². The quantitative estimate of drug-likeness (QED) is 0.740. The van der Waals surface area contributed by atoms with Gasteiger partial charge in [-0.1, -0.05) is 51.7 Å². The number of rotatable bonds is 4. The molecule has 1 aliphatic carbocycles. The summed E-state index contributed by atoms with van der Waals surface area (Å²) in [6.07, 6.45) is 10.2. The maximum Gasteiger partial charge on any atom is 0.162 e. The first-order valence-electron chi connectivity index (χ1n) is 9.35. The number of carbonyl (C=O) groups excluding carboxylic acids is 1. The first-order valence-corrected chi connectivity index (χ1v) is 9.35. The van der Waals surface area contributed by atoms with Gasteiger partial charge in [0.15, 0.2) is 11.6 Å². The van der Waals surface area contributed by atoms with E-state index in [4.69, 9.17) is 0 Å². The molecule has 4 nitrogen and oxygen atoms in total. The predicted molar refractivity (Wildman–Crippen MR) is 107 cm³/mol. The number of Topliss-reactive ketones (excluding diaryl/α,β-unsaturated/α-hetero) is 1. The Morgan fingerprint density at radius 2 is 2.04 bits per heavy atom. The van der Waals surface area contributed by atoms with Gasteiger partial charge in [0, 0.05) is 28.9 Å². The number of aryl methyl sites for hydroxylation is 1. The van der Waals surface area contributed by atoms with Gasteiger partial charge in [-0.05, 0) is 37.7 Å². The van der Waals surface area contributed by atoms with Crippen molar-refractivity contribution < 1.29 is 4.79 Å². The van der Waals surface area contributed by atoms with Crippen LogP contribution >= 0.6 is 0 Å². The highest BCUT2D eigenvalue weighted by atomic mass is 16.1. The van der Waals surface area contributed by atoms with E-state index in [0.29, 0.717) is 6.42 Å².